The first-order valence-electron chi connectivity index (χ1n) is 7.60. The van der Waals surface area contributed by atoms with Gasteiger partial charge in [-0.05, 0) is 24.2 Å². The fourth-order valence-electron chi connectivity index (χ4n) is 2.39. The Morgan fingerprint density at radius 1 is 1.00 bits per heavy atom. The smallest absolute Gasteiger partial charge is 0.182 e. The predicted octanol–water partition coefficient (Wildman–Crippen LogP) is 3.29. The first-order valence-corrected chi connectivity index (χ1v) is 10.1. The lowest BCUT2D eigenvalue weighted by molar-refractivity contribution is 0.595. The van der Waals surface area contributed by atoms with Crippen LogP contribution in [-0.4, -0.2) is 19.9 Å². The maximum Gasteiger partial charge on any atom is 0.182 e. The van der Waals surface area contributed by atoms with Gasteiger partial charge in [-0.1, -0.05) is 42.5 Å². The molecular weight excluding hydrogens is 340 g/mol. The molecule has 3 aromatic rings. The van der Waals surface area contributed by atoms with Gasteiger partial charge in [0, 0.05) is 17.4 Å². The molecule has 0 fully saturated rings. The van der Waals surface area contributed by atoms with E-state index < -0.39 is 9.84 Å². The molecule has 124 valence electrons. The Morgan fingerprint density at radius 3 is 2.38 bits per heavy atom. The number of sulfone groups is 1. The number of aromatic nitrogens is 1. The Labute approximate surface area is 145 Å². The van der Waals surface area contributed by atoms with Crippen molar-refractivity contribution in [3.05, 3.63) is 70.5 Å². The Morgan fingerprint density at radius 2 is 1.71 bits per heavy atom. The van der Waals surface area contributed by atoms with Crippen LogP contribution in [0.2, 0.25) is 0 Å². The summed E-state index contributed by atoms with van der Waals surface area (Å²) in [6.07, 6.45) is 0.758. The predicted molar refractivity (Wildman–Crippen MR) is 97.6 cm³/mol. The lowest BCUT2D eigenvalue weighted by Gasteiger charge is -2.05. The molecule has 0 spiro atoms. The van der Waals surface area contributed by atoms with Gasteiger partial charge in [-0.25, -0.2) is 13.4 Å². The molecule has 1 heterocycles. The summed E-state index contributed by atoms with van der Waals surface area (Å²) in [6, 6.07) is 16.1. The van der Waals surface area contributed by atoms with Crippen LogP contribution >= 0.6 is 11.3 Å². The van der Waals surface area contributed by atoms with E-state index in [9.17, 15) is 8.42 Å². The molecule has 0 atom stereocenters. The highest BCUT2D eigenvalue weighted by Crippen LogP contribution is 2.24. The van der Waals surface area contributed by atoms with Crippen molar-refractivity contribution in [1.82, 2.24) is 4.98 Å². The average Bonchev–Trinajstić information content (AvgIpc) is 3.05. The lowest BCUT2D eigenvalue weighted by Crippen LogP contribution is -2.04. The highest BCUT2D eigenvalue weighted by molar-refractivity contribution is 7.90. The molecule has 0 saturated heterocycles. The Balaban J connectivity index is 1.80. The lowest BCUT2D eigenvalue weighted by atomic mass is 10.2. The Hall–Kier alpha value is -2.02. The van der Waals surface area contributed by atoms with E-state index >= 15 is 0 Å². The molecule has 0 saturated carbocycles. The Kier molecular flexibility index (Phi) is 5.08. The molecule has 0 bridgehead atoms. The molecule has 24 heavy (non-hydrogen) atoms. The molecule has 0 amide bonds. The maximum atomic E-state index is 12.5. The quantitative estimate of drug-likeness (QED) is 0.734. The van der Waals surface area contributed by atoms with Gasteiger partial charge in [0.05, 0.1) is 21.3 Å². The summed E-state index contributed by atoms with van der Waals surface area (Å²) >= 11 is 1.57. The van der Waals surface area contributed by atoms with E-state index in [1.807, 2.05) is 35.7 Å². The molecule has 2 aromatic carbocycles. The van der Waals surface area contributed by atoms with Crippen LogP contribution < -0.4 is 5.73 Å². The molecule has 0 unspecified atom stereocenters. The van der Waals surface area contributed by atoms with Gasteiger partial charge in [-0.2, -0.15) is 0 Å². The van der Waals surface area contributed by atoms with Crippen LogP contribution in [0.3, 0.4) is 0 Å². The van der Waals surface area contributed by atoms with Gasteiger partial charge in [0.25, 0.3) is 0 Å². The van der Waals surface area contributed by atoms with Gasteiger partial charge in [-0.15, -0.1) is 11.3 Å². The van der Waals surface area contributed by atoms with E-state index in [-0.39, 0.29) is 5.75 Å². The molecule has 6 heteroatoms. The third-order valence-electron chi connectivity index (χ3n) is 3.62. The standard InChI is InChI=1S/C18H18N2O2S2/c19-11-10-18-20-17(12-23-18)15-6-8-16(9-7-15)24(21,22)13-14-4-2-1-3-5-14/h1-9,12H,10-11,13,19H2. The minimum absolute atomic E-state index is 0.00450. The van der Waals surface area contributed by atoms with Gasteiger partial charge in [0.1, 0.15) is 0 Å². The highest BCUT2D eigenvalue weighted by atomic mass is 32.2. The molecule has 0 aliphatic rings. The van der Waals surface area contributed by atoms with Crippen LogP contribution in [0, 0.1) is 0 Å². The molecular formula is C18H18N2O2S2. The second kappa shape index (κ2) is 7.25. The van der Waals surface area contributed by atoms with E-state index in [4.69, 9.17) is 5.73 Å². The van der Waals surface area contributed by atoms with Crippen molar-refractivity contribution in [1.29, 1.82) is 0 Å². The normalized spacial score (nSPS) is 11.5. The van der Waals surface area contributed by atoms with Crippen LogP contribution in [0.15, 0.2) is 64.9 Å². The first-order chi connectivity index (χ1) is 11.6. The van der Waals surface area contributed by atoms with Crippen molar-refractivity contribution in [2.24, 2.45) is 5.73 Å². The maximum absolute atomic E-state index is 12.5. The summed E-state index contributed by atoms with van der Waals surface area (Å²) in [6.45, 7) is 0.573. The average molecular weight is 358 g/mol. The second-order valence-electron chi connectivity index (χ2n) is 5.43. The number of nitrogens with two attached hydrogens (primary N) is 1. The van der Waals surface area contributed by atoms with Crippen LogP contribution in [0.4, 0.5) is 0 Å². The molecule has 3 rings (SSSR count). The summed E-state index contributed by atoms with van der Waals surface area (Å²) in [7, 11) is -3.35. The number of hydrogen-bond donors (Lipinski definition) is 1. The fourth-order valence-corrected chi connectivity index (χ4v) is 4.56. The van der Waals surface area contributed by atoms with Crippen LogP contribution in [-0.2, 0) is 22.0 Å². The van der Waals surface area contributed by atoms with E-state index in [1.165, 1.54) is 0 Å². The summed E-state index contributed by atoms with van der Waals surface area (Å²) in [5.41, 5.74) is 8.09. The third-order valence-corrected chi connectivity index (χ3v) is 6.23. The van der Waals surface area contributed by atoms with Gasteiger partial charge in [0.15, 0.2) is 9.84 Å². The van der Waals surface area contributed by atoms with Crippen molar-refractivity contribution in [3.63, 3.8) is 0 Å². The zero-order valence-corrected chi connectivity index (χ0v) is 14.7. The highest BCUT2D eigenvalue weighted by Gasteiger charge is 2.15. The van der Waals surface area contributed by atoms with Crippen molar-refractivity contribution in [3.8, 4) is 11.3 Å². The largest absolute Gasteiger partial charge is 0.330 e. The van der Waals surface area contributed by atoms with Crippen LogP contribution in [0.1, 0.15) is 10.6 Å². The molecule has 0 aliphatic carbocycles. The topological polar surface area (TPSA) is 73.0 Å². The van der Waals surface area contributed by atoms with Gasteiger partial charge in [0.2, 0.25) is 0 Å². The monoisotopic (exact) mass is 358 g/mol. The molecule has 0 radical (unpaired) electrons. The molecule has 2 N–H and O–H groups in total. The second-order valence-corrected chi connectivity index (χ2v) is 8.37. The van der Waals surface area contributed by atoms with Gasteiger partial charge >= 0.3 is 0 Å². The summed E-state index contributed by atoms with van der Waals surface area (Å²) < 4.78 is 25.0. The van der Waals surface area contributed by atoms with Crippen molar-refractivity contribution >= 4 is 21.2 Å². The third kappa shape index (κ3) is 3.90. The van der Waals surface area contributed by atoms with Crippen LogP contribution in [0.25, 0.3) is 11.3 Å². The van der Waals surface area contributed by atoms with Crippen molar-refractivity contribution in [2.45, 2.75) is 17.1 Å². The van der Waals surface area contributed by atoms with Crippen molar-refractivity contribution < 1.29 is 8.42 Å². The molecule has 1 aromatic heterocycles. The van der Waals surface area contributed by atoms with Crippen molar-refractivity contribution in [2.75, 3.05) is 6.54 Å². The van der Waals surface area contributed by atoms with E-state index in [1.54, 1.807) is 35.6 Å². The summed E-state index contributed by atoms with van der Waals surface area (Å²) in [4.78, 5) is 4.85. The Bertz CT molecular complexity index is 902. The van der Waals surface area contributed by atoms with E-state index in [2.05, 4.69) is 4.98 Å². The summed E-state index contributed by atoms with van der Waals surface area (Å²) in [5, 5.41) is 2.96. The van der Waals surface area contributed by atoms with E-state index in [0.717, 1.165) is 28.2 Å². The number of hydrogen-bond acceptors (Lipinski definition) is 5. The SMILES string of the molecule is NCCc1nc(-c2ccc(S(=O)(=O)Cc3ccccc3)cc2)cs1. The first kappa shape index (κ1) is 16.8. The van der Waals surface area contributed by atoms with Gasteiger partial charge in [-0.3, -0.25) is 0 Å². The molecule has 0 aliphatic heterocycles. The summed E-state index contributed by atoms with van der Waals surface area (Å²) in [5.74, 6) is 0.00450. The molecule has 4 nitrogen and oxygen atoms in total. The van der Waals surface area contributed by atoms with E-state index in [0.29, 0.717) is 11.4 Å². The zero-order chi connectivity index (χ0) is 17.0. The number of thiazole rings is 1. The number of benzene rings is 2. The minimum Gasteiger partial charge on any atom is -0.330 e. The van der Waals surface area contributed by atoms with Crippen LogP contribution in [0.5, 0.6) is 0 Å². The number of nitrogens with zero attached hydrogens (tertiary/aromatic N) is 1. The number of rotatable bonds is 6. The minimum atomic E-state index is -3.35. The zero-order valence-electron chi connectivity index (χ0n) is 13.1. The van der Waals surface area contributed by atoms with Gasteiger partial charge < -0.3 is 5.73 Å². The fraction of sp³-hybridized carbons (Fsp3) is 0.167.